The van der Waals surface area contributed by atoms with Crippen molar-refractivity contribution in [2.45, 2.75) is 158 Å². The Morgan fingerprint density at radius 1 is 0.138 bits per heavy atom. The molecule has 0 amide bonds. The molecule has 0 aliphatic carbocycles. The molecular weight excluding hydrogens is 993 g/mol. The number of nitrogens with one attached hydrogen (secondary N) is 16. The molecule has 0 spiro atoms. The van der Waals surface area contributed by atoms with Crippen LogP contribution < -0.4 is 85.1 Å². The Balaban J connectivity index is -0.000000481. The van der Waals surface area contributed by atoms with E-state index in [9.17, 15) is 0 Å². The number of hydrogen-bond acceptors (Lipinski definition) is 16. The van der Waals surface area contributed by atoms with Crippen LogP contribution in [0.15, 0.2) is 48.6 Å². The van der Waals surface area contributed by atoms with Gasteiger partial charge < -0.3 is 85.1 Å². The third-order valence-electron chi connectivity index (χ3n) is 12.4. The molecule has 16 N–H and O–H groups in total. The normalized spacial score (nSPS) is 11.5. The monoisotopic (exact) mass is 1140 g/mol. The number of rotatable bonds is 64. The molecule has 16 nitrogen and oxygen atoms in total. The lowest BCUT2D eigenvalue weighted by molar-refractivity contribution is 0.605. The zero-order valence-corrected chi connectivity index (χ0v) is 54.6. The Morgan fingerprint density at radius 3 is 0.312 bits per heavy atom. The third kappa shape index (κ3) is 98.4. The molecule has 480 valence electrons. The molecule has 0 bridgehead atoms. The maximum atomic E-state index is 3.44. The topological polar surface area (TPSA) is 192 Å². The lowest BCUT2D eigenvalue weighted by atomic mass is 10.3. The maximum absolute atomic E-state index is 3.44. The molecule has 0 aromatic carbocycles. The van der Waals surface area contributed by atoms with E-state index in [1.165, 1.54) is 103 Å². The fourth-order valence-electron chi connectivity index (χ4n) is 7.56. The van der Waals surface area contributed by atoms with Crippen molar-refractivity contribution in [1.82, 2.24) is 85.1 Å². The van der Waals surface area contributed by atoms with Crippen molar-refractivity contribution in [2.75, 3.05) is 209 Å². The van der Waals surface area contributed by atoms with Crippen molar-refractivity contribution in [3.8, 4) is 0 Å². The van der Waals surface area contributed by atoms with Gasteiger partial charge in [-0.1, -0.05) is 104 Å². The van der Waals surface area contributed by atoms with Gasteiger partial charge in [-0.25, -0.2) is 0 Å². The van der Waals surface area contributed by atoms with E-state index in [0.717, 1.165) is 209 Å². The van der Waals surface area contributed by atoms with Gasteiger partial charge in [0.05, 0.1) is 0 Å². The predicted molar refractivity (Wildman–Crippen MR) is 362 cm³/mol. The van der Waals surface area contributed by atoms with Crippen molar-refractivity contribution in [2.24, 2.45) is 0 Å². The average Bonchev–Trinajstić information content (AvgIpc) is 3.47. The second kappa shape index (κ2) is 91.1. The van der Waals surface area contributed by atoms with Crippen LogP contribution in [-0.4, -0.2) is 209 Å². The fraction of sp³-hybridized carbons (Fsp3) is 0.875. The lowest BCUT2D eigenvalue weighted by Gasteiger charge is -2.03. The van der Waals surface area contributed by atoms with Gasteiger partial charge in [-0.3, -0.25) is 0 Å². The van der Waals surface area contributed by atoms with E-state index in [1.54, 1.807) is 0 Å². The molecular formula is C64H144N16. The van der Waals surface area contributed by atoms with Gasteiger partial charge in [0, 0.05) is 52.4 Å². The maximum Gasteiger partial charge on any atom is 0.0135 e. The summed E-state index contributed by atoms with van der Waals surface area (Å²) in [4.78, 5) is 0. The minimum Gasteiger partial charge on any atom is -0.317 e. The zero-order chi connectivity index (χ0) is 58.9. The van der Waals surface area contributed by atoms with Crippen molar-refractivity contribution in [3.05, 3.63) is 48.6 Å². The highest BCUT2D eigenvalue weighted by Gasteiger charge is 1.93. The molecule has 0 radical (unpaired) electrons. The molecule has 0 aliphatic heterocycles. The van der Waals surface area contributed by atoms with E-state index in [-0.39, 0.29) is 0 Å². The summed E-state index contributed by atoms with van der Waals surface area (Å²) in [5, 5.41) is 54.2. The van der Waals surface area contributed by atoms with Crippen LogP contribution >= 0.6 is 0 Å². The van der Waals surface area contributed by atoms with Crippen molar-refractivity contribution in [3.63, 3.8) is 0 Å². The SMILES string of the molecule is CCNCCCCNC/C=C/CNCCCCNCC.CCNCCCCNC/C=C/CNCCCCNCC.CCNCCCCNC/C=C\CNCCCCNCC.CCNCCCCNC/C=C\CNCCCCNCC. The molecule has 0 rings (SSSR count). The molecule has 0 atom stereocenters. The highest BCUT2D eigenvalue weighted by atomic mass is 14.9. The molecule has 0 aromatic heterocycles. The summed E-state index contributed by atoms with van der Waals surface area (Å²) in [5.74, 6) is 0. The van der Waals surface area contributed by atoms with Gasteiger partial charge in [0.15, 0.2) is 0 Å². The van der Waals surface area contributed by atoms with E-state index >= 15 is 0 Å². The Bertz CT molecular complexity index is 868. The first-order valence-electron chi connectivity index (χ1n) is 33.6. The van der Waals surface area contributed by atoms with E-state index in [2.05, 4.69) is 189 Å². The fourth-order valence-corrected chi connectivity index (χ4v) is 7.56. The Labute approximate surface area is 499 Å². The molecule has 0 fully saturated rings. The Morgan fingerprint density at radius 2 is 0.225 bits per heavy atom. The van der Waals surface area contributed by atoms with Crippen LogP contribution in [0.4, 0.5) is 0 Å². The average molecular weight is 1140 g/mol. The zero-order valence-electron chi connectivity index (χ0n) is 54.6. The Kier molecular flexibility index (Phi) is 96.5. The summed E-state index contributed by atoms with van der Waals surface area (Å²) in [6, 6.07) is 0. The molecule has 0 aromatic rings. The standard InChI is InChI=1S/4C16H36N4/c4*1-3-17-11-5-7-13-19-15-9-10-16-20-14-8-6-12-18-4-2/h4*9-10,17-20H,3-8,11-16H2,1-2H3/b2*10-9+;2*10-9-. The summed E-state index contributed by atoms with van der Waals surface area (Å²) < 4.78 is 0. The molecule has 0 saturated carbocycles. The van der Waals surface area contributed by atoms with Crippen molar-refractivity contribution < 1.29 is 0 Å². The minimum atomic E-state index is 0.989. The van der Waals surface area contributed by atoms with Crippen LogP contribution in [0.25, 0.3) is 0 Å². The van der Waals surface area contributed by atoms with Crippen LogP contribution in [0.5, 0.6) is 0 Å². The van der Waals surface area contributed by atoms with Crippen molar-refractivity contribution >= 4 is 0 Å². The molecule has 0 unspecified atom stereocenters. The van der Waals surface area contributed by atoms with Gasteiger partial charge >= 0.3 is 0 Å². The van der Waals surface area contributed by atoms with E-state index in [0.29, 0.717) is 0 Å². The Hall–Kier alpha value is -1.68. The van der Waals surface area contributed by atoms with Gasteiger partial charge in [0.2, 0.25) is 0 Å². The summed E-state index contributed by atoms with van der Waals surface area (Å²) in [7, 11) is 0. The quantitative estimate of drug-likeness (QED) is 0.0250. The van der Waals surface area contributed by atoms with E-state index in [1.807, 2.05) is 0 Å². The number of hydrogen-bond donors (Lipinski definition) is 16. The van der Waals surface area contributed by atoms with Crippen LogP contribution in [0, 0.1) is 0 Å². The van der Waals surface area contributed by atoms with Crippen LogP contribution in [0.3, 0.4) is 0 Å². The van der Waals surface area contributed by atoms with Crippen LogP contribution in [-0.2, 0) is 0 Å². The minimum absolute atomic E-state index is 0.989. The molecule has 0 aliphatic rings. The third-order valence-corrected chi connectivity index (χ3v) is 12.4. The first-order valence-corrected chi connectivity index (χ1v) is 33.6. The smallest absolute Gasteiger partial charge is 0.0135 e. The van der Waals surface area contributed by atoms with Crippen LogP contribution in [0.1, 0.15) is 158 Å². The highest BCUT2D eigenvalue weighted by molar-refractivity contribution is 4.88. The van der Waals surface area contributed by atoms with Gasteiger partial charge in [0.25, 0.3) is 0 Å². The summed E-state index contributed by atoms with van der Waals surface area (Å²) >= 11 is 0. The highest BCUT2D eigenvalue weighted by Crippen LogP contribution is 1.90. The summed E-state index contributed by atoms with van der Waals surface area (Å²) in [5.41, 5.74) is 0. The molecule has 0 heterocycles. The van der Waals surface area contributed by atoms with E-state index in [4.69, 9.17) is 0 Å². The number of unbranched alkanes of at least 4 members (excludes halogenated alkanes) is 8. The van der Waals surface area contributed by atoms with Gasteiger partial charge in [-0.05, 0) is 260 Å². The molecule has 80 heavy (non-hydrogen) atoms. The lowest BCUT2D eigenvalue weighted by Crippen LogP contribution is -2.20. The van der Waals surface area contributed by atoms with Crippen LogP contribution in [0.2, 0.25) is 0 Å². The largest absolute Gasteiger partial charge is 0.317 e. The summed E-state index contributed by atoms with van der Waals surface area (Å²) in [6.45, 7) is 51.9. The van der Waals surface area contributed by atoms with Gasteiger partial charge in [0.1, 0.15) is 0 Å². The predicted octanol–water partition coefficient (Wildman–Crippen LogP) is 6.00. The van der Waals surface area contributed by atoms with Gasteiger partial charge in [-0.15, -0.1) is 0 Å². The second-order valence-corrected chi connectivity index (χ2v) is 20.0. The van der Waals surface area contributed by atoms with E-state index < -0.39 is 0 Å². The van der Waals surface area contributed by atoms with Crippen molar-refractivity contribution in [1.29, 1.82) is 0 Å². The molecule has 16 heteroatoms. The van der Waals surface area contributed by atoms with Gasteiger partial charge in [-0.2, -0.15) is 0 Å². The first-order chi connectivity index (χ1) is 39.7. The molecule has 0 saturated heterocycles. The first kappa shape index (κ1) is 84.8. The summed E-state index contributed by atoms with van der Waals surface area (Å²) in [6.07, 6.45) is 37.9. The second-order valence-electron chi connectivity index (χ2n) is 20.0.